The molecule has 0 radical (unpaired) electrons. The van der Waals surface area contributed by atoms with E-state index in [4.69, 9.17) is 0 Å². The van der Waals surface area contributed by atoms with Crippen LogP contribution in [0.5, 0.6) is 0 Å². The molecule has 0 amide bonds. The van der Waals surface area contributed by atoms with Crippen LogP contribution in [0, 0.1) is 11.8 Å². The minimum absolute atomic E-state index is 1.03. The summed E-state index contributed by atoms with van der Waals surface area (Å²) in [5.41, 5.74) is 0. The van der Waals surface area contributed by atoms with Crippen LogP contribution in [0.15, 0.2) is 12.7 Å². The molecule has 106 valence electrons. The fourth-order valence-electron chi connectivity index (χ4n) is 3.58. The second-order valence-corrected chi connectivity index (χ2v) is 6.23. The average Bonchev–Trinajstić information content (AvgIpc) is 2.42. The fraction of sp³-hybridized carbons (Fsp3) is 0.889. The van der Waals surface area contributed by atoms with Gasteiger partial charge in [-0.2, -0.15) is 0 Å². The molecule has 1 aliphatic carbocycles. The van der Waals surface area contributed by atoms with Crippen LogP contribution in [-0.4, -0.2) is 0 Å². The zero-order valence-electron chi connectivity index (χ0n) is 12.6. The molecular weight excluding hydrogens is 216 g/mol. The highest BCUT2D eigenvalue weighted by Gasteiger charge is 2.22. The van der Waals surface area contributed by atoms with E-state index in [1.807, 2.05) is 0 Å². The van der Waals surface area contributed by atoms with Crippen molar-refractivity contribution in [2.75, 3.05) is 0 Å². The molecule has 0 saturated heterocycles. The third-order valence-electron chi connectivity index (χ3n) is 4.73. The van der Waals surface area contributed by atoms with E-state index in [9.17, 15) is 0 Å². The Kier molecular flexibility index (Phi) is 9.34. The Labute approximate surface area is 115 Å². The standard InChI is InChI=1S/C18H34/c1-3-5-7-10-14-17(13-9-6-4-2)18-15-11-8-12-16-18/h4,17-18H,2-3,5-16H2,1H3. The molecule has 1 fully saturated rings. The Morgan fingerprint density at radius 1 is 1.00 bits per heavy atom. The zero-order valence-corrected chi connectivity index (χ0v) is 12.6. The van der Waals surface area contributed by atoms with Crippen LogP contribution in [0.2, 0.25) is 0 Å². The lowest BCUT2D eigenvalue weighted by molar-refractivity contribution is 0.217. The maximum Gasteiger partial charge on any atom is -0.0353 e. The van der Waals surface area contributed by atoms with Crippen LogP contribution in [0.4, 0.5) is 0 Å². The normalized spacial score (nSPS) is 18.7. The van der Waals surface area contributed by atoms with Gasteiger partial charge in [0.1, 0.15) is 0 Å². The topological polar surface area (TPSA) is 0 Å². The van der Waals surface area contributed by atoms with Gasteiger partial charge in [-0.25, -0.2) is 0 Å². The molecule has 1 aliphatic rings. The van der Waals surface area contributed by atoms with Gasteiger partial charge in [0, 0.05) is 0 Å². The summed E-state index contributed by atoms with van der Waals surface area (Å²) in [6.07, 6.45) is 20.9. The summed E-state index contributed by atoms with van der Waals surface area (Å²) in [7, 11) is 0. The van der Waals surface area contributed by atoms with Crippen LogP contribution in [-0.2, 0) is 0 Å². The highest BCUT2D eigenvalue weighted by atomic mass is 14.3. The molecule has 0 bridgehead atoms. The molecule has 0 heterocycles. The largest absolute Gasteiger partial charge is 0.103 e. The van der Waals surface area contributed by atoms with Crippen LogP contribution < -0.4 is 0 Å². The Hall–Kier alpha value is -0.260. The predicted molar refractivity (Wildman–Crippen MR) is 82.9 cm³/mol. The molecule has 18 heavy (non-hydrogen) atoms. The summed E-state index contributed by atoms with van der Waals surface area (Å²) in [6, 6.07) is 0. The summed E-state index contributed by atoms with van der Waals surface area (Å²) >= 11 is 0. The first-order valence-electron chi connectivity index (χ1n) is 8.49. The molecule has 0 heteroatoms. The first kappa shape index (κ1) is 15.8. The van der Waals surface area contributed by atoms with E-state index in [1.54, 1.807) is 0 Å². The van der Waals surface area contributed by atoms with Crippen molar-refractivity contribution in [1.82, 2.24) is 0 Å². The van der Waals surface area contributed by atoms with Crippen LogP contribution >= 0.6 is 0 Å². The molecule has 1 saturated carbocycles. The molecule has 0 aromatic heterocycles. The molecule has 1 atom stereocenters. The highest BCUT2D eigenvalue weighted by Crippen LogP contribution is 2.35. The van der Waals surface area contributed by atoms with Gasteiger partial charge in [0.2, 0.25) is 0 Å². The van der Waals surface area contributed by atoms with E-state index >= 15 is 0 Å². The Balaban J connectivity index is 2.27. The second kappa shape index (κ2) is 10.6. The number of hydrogen-bond donors (Lipinski definition) is 0. The molecule has 0 aliphatic heterocycles. The van der Waals surface area contributed by atoms with Crippen molar-refractivity contribution >= 4 is 0 Å². The van der Waals surface area contributed by atoms with E-state index in [-0.39, 0.29) is 0 Å². The van der Waals surface area contributed by atoms with Crippen molar-refractivity contribution in [3.63, 3.8) is 0 Å². The maximum absolute atomic E-state index is 3.86. The van der Waals surface area contributed by atoms with E-state index in [0.29, 0.717) is 0 Å². The number of hydrogen-bond acceptors (Lipinski definition) is 0. The molecule has 1 rings (SSSR count). The lowest BCUT2D eigenvalue weighted by Crippen LogP contribution is -2.18. The Morgan fingerprint density at radius 3 is 2.39 bits per heavy atom. The first-order chi connectivity index (χ1) is 8.88. The van der Waals surface area contributed by atoms with Crippen molar-refractivity contribution in [2.45, 2.75) is 90.4 Å². The van der Waals surface area contributed by atoms with Crippen molar-refractivity contribution in [3.8, 4) is 0 Å². The van der Waals surface area contributed by atoms with Gasteiger partial charge in [-0.15, -0.1) is 6.58 Å². The van der Waals surface area contributed by atoms with Crippen molar-refractivity contribution in [3.05, 3.63) is 12.7 Å². The number of rotatable bonds is 10. The van der Waals surface area contributed by atoms with E-state index in [0.717, 1.165) is 11.8 Å². The predicted octanol–water partition coefficient (Wildman–Crippen LogP) is 6.51. The van der Waals surface area contributed by atoms with Gasteiger partial charge in [0.25, 0.3) is 0 Å². The Morgan fingerprint density at radius 2 is 1.72 bits per heavy atom. The van der Waals surface area contributed by atoms with Gasteiger partial charge in [0.15, 0.2) is 0 Å². The lowest BCUT2D eigenvalue weighted by Gasteiger charge is -2.30. The third kappa shape index (κ3) is 6.61. The van der Waals surface area contributed by atoms with Crippen LogP contribution in [0.1, 0.15) is 90.4 Å². The van der Waals surface area contributed by atoms with Crippen molar-refractivity contribution in [2.24, 2.45) is 11.8 Å². The van der Waals surface area contributed by atoms with Gasteiger partial charge in [-0.05, 0) is 31.1 Å². The summed E-state index contributed by atoms with van der Waals surface area (Å²) in [5.74, 6) is 2.09. The molecule has 0 N–H and O–H groups in total. The van der Waals surface area contributed by atoms with Crippen LogP contribution in [0.3, 0.4) is 0 Å². The van der Waals surface area contributed by atoms with Gasteiger partial charge >= 0.3 is 0 Å². The summed E-state index contributed by atoms with van der Waals surface area (Å²) in [6.45, 7) is 6.16. The summed E-state index contributed by atoms with van der Waals surface area (Å²) in [5, 5.41) is 0. The van der Waals surface area contributed by atoms with Gasteiger partial charge in [-0.3, -0.25) is 0 Å². The Bertz CT molecular complexity index is 188. The highest BCUT2D eigenvalue weighted by molar-refractivity contribution is 4.76. The van der Waals surface area contributed by atoms with E-state index in [1.165, 1.54) is 83.5 Å². The van der Waals surface area contributed by atoms with Crippen molar-refractivity contribution < 1.29 is 0 Å². The molecular formula is C18H34. The number of unbranched alkanes of at least 4 members (excludes halogenated alkanes) is 4. The zero-order chi connectivity index (χ0) is 13.1. The van der Waals surface area contributed by atoms with Crippen molar-refractivity contribution in [1.29, 1.82) is 0 Å². The number of allylic oxidation sites excluding steroid dienone is 1. The third-order valence-corrected chi connectivity index (χ3v) is 4.73. The summed E-state index contributed by atoms with van der Waals surface area (Å²) < 4.78 is 0. The molecule has 0 spiro atoms. The average molecular weight is 250 g/mol. The SMILES string of the molecule is C=CCCCC(CCCCCC)C1CCCCC1. The van der Waals surface area contributed by atoms with Gasteiger partial charge in [0.05, 0.1) is 0 Å². The second-order valence-electron chi connectivity index (χ2n) is 6.23. The molecule has 0 aromatic rings. The van der Waals surface area contributed by atoms with E-state index in [2.05, 4.69) is 19.6 Å². The minimum atomic E-state index is 1.03. The maximum atomic E-state index is 3.86. The van der Waals surface area contributed by atoms with E-state index < -0.39 is 0 Å². The summed E-state index contributed by atoms with van der Waals surface area (Å²) in [4.78, 5) is 0. The monoisotopic (exact) mass is 250 g/mol. The lowest BCUT2D eigenvalue weighted by atomic mass is 9.75. The minimum Gasteiger partial charge on any atom is -0.103 e. The molecule has 0 nitrogen and oxygen atoms in total. The van der Waals surface area contributed by atoms with Crippen LogP contribution in [0.25, 0.3) is 0 Å². The molecule has 1 unspecified atom stereocenters. The quantitative estimate of drug-likeness (QED) is 0.306. The van der Waals surface area contributed by atoms with Gasteiger partial charge in [-0.1, -0.05) is 77.2 Å². The fourth-order valence-corrected chi connectivity index (χ4v) is 3.58. The molecule has 0 aromatic carbocycles. The smallest absolute Gasteiger partial charge is 0.0353 e. The van der Waals surface area contributed by atoms with Gasteiger partial charge < -0.3 is 0 Å². The first-order valence-corrected chi connectivity index (χ1v) is 8.49.